The number of ether oxygens (including phenoxy) is 2. The van der Waals surface area contributed by atoms with Gasteiger partial charge in [0.2, 0.25) is 0 Å². The van der Waals surface area contributed by atoms with E-state index in [-0.39, 0.29) is 12.5 Å². The summed E-state index contributed by atoms with van der Waals surface area (Å²) in [4.78, 5) is 12.0. The molecule has 0 fully saturated rings. The first-order valence-corrected chi connectivity index (χ1v) is 9.62. The number of carbonyl (C=O) groups is 1. The van der Waals surface area contributed by atoms with Crippen LogP contribution in [-0.2, 0) is 4.79 Å². The van der Waals surface area contributed by atoms with Gasteiger partial charge in [0.15, 0.2) is 6.61 Å². The van der Waals surface area contributed by atoms with Gasteiger partial charge in [-0.05, 0) is 51.6 Å². The molecular weight excluding hydrogens is 476 g/mol. The molecule has 0 spiro atoms. The fourth-order valence-corrected chi connectivity index (χ4v) is 3.69. The number of halogens is 2. The van der Waals surface area contributed by atoms with E-state index in [1.54, 1.807) is 19.4 Å². The Morgan fingerprint density at radius 1 is 1.07 bits per heavy atom. The predicted molar refractivity (Wildman–Crippen MR) is 114 cm³/mol. The summed E-state index contributed by atoms with van der Waals surface area (Å²) in [6.45, 7) is -0.138. The van der Waals surface area contributed by atoms with Crippen molar-refractivity contribution < 1.29 is 14.3 Å². The molecule has 0 radical (unpaired) electrons. The molecule has 0 aromatic heterocycles. The number of carbonyl (C=O) groups excluding carboxylic acids is 1. The Morgan fingerprint density at radius 2 is 1.81 bits per heavy atom. The van der Waals surface area contributed by atoms with E-state index >= 15 is 0 Å². The van der Waals surface area contributed by atoms with Crippen LogP contribution < -0.4 is 14.9 Å². The lowest BCUT2D eigenvalue weighted by Gasteiger charge is -2.08. The summed E-state index contributed by atoms with van der Waals surface area (Å²) in [5, 5.41) is 6.01. The average molecular weight is 492 g/mol. The van der Waals surface area contributed by atoms with Gasteiger partial charge < -0.3 is 9.47 Å². The minimum atomic E-state index is -0.348. The number of hydrazone groups is 1. The molecule has 0 saturated heterocycles. The molecule has 3 aromatic carbocycles. The normalized spacial score (nSPS) is 10.9. The molecule has 1 amide bonds. The maximum Gasteiger partial charge on any atom is 0.277 e. The van der Waals surface area contributed by atoms with E-state index in [9.17, 15) is 4.79 Å². The quantitative estimate of drug-likeness (QED) is 0.394. The highest BCUT2D eigenvalue weighted by atomic mass is 79.9. The fourth-order valence-electron chi connectivity index (χ4n) is 2.53. The molecule has 5 nitrogen and oxygen atoms in total. The van der Waals surface area contributed by atoms with Crippen LogP contribution >= 0.6 is 31.9 Å². The van der Waals surface area contributed by atoms with Gasteiger partial charge in [-0.3, -0.25) is 4.79 Å². The van der Waals surface area contributed by atoms with Crippen molar-refractivity contribution in [2.45, 2.75) is 0 Å². The highest BCUT2D eigenvalue weighted by molar-refractivity contribution is 9.11. The molecule has 0 aliphatic carbocycles. The maximum atomic E-state index is 12.0. The third kappa shape index (κ3) is 4.87. The van der Waals surface area contributed by atoms with Crippen molar-refractivity contribution in [2.24, 2.45) is 5.10 Å². The van der Waals surface area contributed by atoms with Gasteiger partial charge in [0.05, 0.1) is 17.8 Å². The van der Waals surface area contributed by atoms with Crippen LogP contribution in [0.2, 0.25) is 0 Å². The molecule has 0 saturated carbocycles. The zero-order valence-electron chi connectivity index (χ0n) is 14.4. The number of fused-ring (bicyclic) bond motifs is 1. The van der Waals surface area contributed by atoms with Crippen LogP contribution in [0.15, 0.2) is 68.6 Å². The van der Waals surface area contributed by atoms with E-state index in [2.05, 4.69) is 42.4 Å². The first-order valence-electron chi connectivity index (χ1n) is 8.04. The number of amides is 1. The predicted octanol–water partition coefficient (Wildman–Crippen LogP) is 4.90. The summed E-state index contributed by atoms with van der Waals surface area (Å²) >= 11 is 6.76. The molecule has 7 heteroatoms. The van der Waals surface area contributed by atoms with Gasteiger partial charge >= 0.3 is 0 Å². The van der Waals surface area contributed by atoms with Crippen molar-refractivity contribution in [2.75, 3.05) is 13.7 Å². The molecule has 0 aliphatic rings. The Kier molecular flexibility index (Phi) is 6.47. The van der Waals surface area contributed by atoms with Crippen molar-refractivity contribution in [1.29, 1.82) is 0 Å². The van der Waals surface area contributed by atoms with Crippen molar-refractivity contribution >= 4 is 54.8 Å². The summed E-state index contributed by atoms with van der Waals surface area (Å²) in [6.07, 6.45) is 1.61. The minimum Gasteiger partial charge on any atom is -0.496 e. The third-order valence-electron chi connectivity index (χ3n) is 3.78. The van der Waals surface area contributed by atoms with Crippen molar-refractivity contribution in [3.8, 4) is 11.5 Å². The van der Waals surface area contributed by atoms with Gasteiger partial charge in [-0.1, -0.05) is 40.2 Å². The summed E-state index contributed by atoms with van der Waals surface area (Å²) in [6, 6.07) is 17.1. The third-order valence-corrected chi connectivity index (χ3v) is 4.90. The van der Waals surface area contributed by atoms with Gasteiger partial charge in [0, 0.05) is 15.4 Å². The summed E-state index contributed by atoms with van der Waals surface area (Å²) in [5.74, 6) is 1.03. The van der Waals surface area contributed by atoms with E-state index in [0.717, 1.165) is 31.0 Å². The maximum absolute atomic E-state index is 12.0. The number of hydrogen-bond acceptors (Lipinski definition) is 4. The van der Waals surface area contributed by atoms with Crippen molar-refractivity contribution in [1.82, 2.24) is 5.43 Å². The van der Waals surface area contributed by atoms with Crippen LogP contribution in [0.25, 0.3) is 10.8 Å². The lowest BCUT2D eigenvalue weighted by Crippen LogP contribution is -2.24. The number of nitrogens with zero attached hydrogens (tertiary/aromatic N) is 1. The zero-order chi connectivity index (χ0) is 19.2. The molecular formula is C20H16Br2N2O3. The Labute approximate surface area is 173 Å². The Bertz CT molecular complexity index is 1010. The van der Waals surface area contributed by atoms with Gasteiger partial charge in [-0.15, -0.1) is 0 Å². The first kappa shape index (κ1) is 19.4. The van der Waals surface area contributed by atoms with Crippen molar-refractivity contribution in [3.63, 3.8) is 0 Å². The standard InChI is InChI=1S/C20H16Br2N2O3/c1-26-18-8-6-13(15-4-2-3-5-16(15)18)11-23-24-20(25)12-27-19-9-7-14(21)10-17(19)22/h2-11H,12H2,1H3,(H,24,25)/b23-11+. The highest BCUT2D eigenvalue weighted by Crippen LogP contribution is 2.28. The molecule has 0 atom stereocenters. The zero-order valence-corrected chi connectivity index (χ0v) is 17.6. The second-order valence-corrected chi connectivity index (χ2v) is 7.33. The Balaban J connectivity index is 1.64. The number of methoxy groups -OCH3 is 1. The second-order valence-electron chi connectivity index (χ2n) is 5.56. The summed E-state index contributed by atoms with van der Waals surface area (Å²) in [7, 11) is 1.64. The molecule has 0 heterocycles. The fraction of sp³-hybridized carbons (Fsp3) is 0.100. The largest absolute Gasteiger partial charge is 0.496 e. The van der Waals surface area contributed by atoms with E-state index in [1.807, 2.05) is 48.5 Å². The van der Waals surface area contributed by atoms with Gasteiger partial charge in [0.25, 0.3) is 5.91 Å². The molecule has 3 rings (SSSR count). The molecule has 3 aromatic rings. The van der Waals surface area contributed by atoms with Crippen LogP contribution in [0.5, 0.6) is 11.5 Å². The lowest BCUT2D eigenvalue weighted by atomic mass is 10.0. The summed E-state index contributed by atoms with van der Waals surface area (Å²) < 4.78 is 12.5. The number of nitrogens with one attached hydrogen (secondary N) is 1. The van der Waals surface area contributed by atoms with Crippen LogP contribution in [0.4, 0.5) is 0 Å². The number of hydrogen-bond donors (Lipinski definition) is 1. The van der Waals surface area contributed by atoms with Crippen molar-refractivity contribution in [3.05, 3.63) is 69.1 Å². The van der Waals surface area contributed by atoms with Crippen LogP contribution in [-0.4, -0.2) is 25.8 Å². The van der Waals surface area contributed by atoms with Crippen LogP contribution in [0.3, 0.4) is 0 Å². The topological polar surface area (TPSA) is 59.9 Å². The first-order chi connectivity index (χ1) is 13.1. The number of benzene rings is 3. The Morgan fingerprint density at radius 3 is 2.56 bits per heavy atom. The van der Waals surface area contributed by atoms with E-state index < -0.39 is 0 Å². The molecule has 0 bridgehead atoms. The second kappa shape index (κ2) is 9.01. The molecule has 27 heavy (non-hydrogen) atoms. The summed E-state index contributed by atoms with van der Waals surface area (Å²) in [5.41, 5.74) is 3.35. The van der Waals surface area contributed by atoms with Crippen LogP contribution in [0, 0.1) is 0 Å². The molecule has 0 aliphatic heterocycles. The van der Waals surface area contributed by atoms with Gasteiger partial charge in [0.1, 0.15) is 11.5 Å². The molecule has 0 unspecified atom stereocenters. The smallest absolute Gasteiger partial charge is 0.277 e. The highest BCUT2D eigenvalue weighted by Gasteiger charge is 2.06. The van der Waals surface area contributed by atoms with E-state index in [4.69, 9.17) is 9.47 Å². The van der Waals surface area contributed by atoms with Gasteiger partial charge in [-0.2, -0.15) is 5.10 Å². The SMILES string of the molecule is COc1ccc(/C=N/NC(=O)COc2ccc(Br)cc2Br)c2ccccc12. The Hall–Kier alpha value is -2.38. The minimum absolute atomic E-state index is 0.138. The average Bonchev–Trinajstić information content (AvgIpc) is 2.67. The monoisotopic (exact) mass is 490 g/mol. The molecule has 138 valence electrons. The van der Waals surface area contributed by atoms with Crippen LogP contribution in [0.1, 0.15) is 5.56 Å². The number of rotatable bonds is 6. The van der Waals surface area contributed by atoms with Gasteiger partial charge in [-0.25, -0.2) is 5.43 Å². The molecule has 1 N–H and O–H groups in total. The van der Waals surface area contributed by atoms with E-state index in [1.165, 1.54) is 0 Å². The van der Waals surface area contributed by atoms with E-state index in [0.29, 0.717) is 5.75 Å². The lowest BCUT2D eigenvalue weighted by molar-refractivity contribution is -0.123.